The van der Waals surface area contributed by atoms with Crippen molar-refractivity contribution in [2.24, 2.45) is 5.92 Å². The molecule has 2 aromatic heterocycles. The minimum atomic E-state index is -4.02. The van der Waals surface area contributed by atoms with Crippen molar-refractivity contribution in [2.75, 3.05) is 31.6 Å². The molecule has 2 atom stereocenters. The number of aryl methyl sites for hydroxylation is 3. The molecule has 4 heterocycles. The average Bonchev–Trinajstić information content (AvgIpc) is 3.56. The molecule has 0 amide bonds. The molecule has 2 aliphatic heterocycles. The van der Waals surface area contributed by atoms with Crippen molar-refractivity contribution in [1.82, 2.24) is 14.9 Å². The van der Waals surface area contributed by atoms with Gasteiger partial charge in [0.05, 0.1) is 21.7 Å². The van der Waals surface area contributed by atoms with Gasteiger partial charge in [-0.2, -0.15) is 16.8 Å². The molecule has 10 nitrogen and oxygen atoms in total. The van der Waals surface area contributed by atoms with Gasteiger partial charge >= 0.3 is 0 Å². The van der Waals surface area contributed by atoms with Crippen molar-refractivity contribution in [2.45, 2.75) is 36.6 Å². The Bertz CT molecular complexity index is 1970. The fourth-order valence-corrected chi connectivity index (χ4v) is 6.69. The third-order valence-corrected chi connectivity index (χ3v) is 10.2. The van der Waals surface area contributed by atoms with E-state index in [4.69, 9.17) is 9.11 Å². The van der Waals surface area contributed by atoms with Crippen LogP contribution < -0.4 is 4.90 Å². The molecule has 0 radical (unpaired) electrons. The fraction of sp³-hybridized carbons (Fsp3) is 0.265. The average molecular weight is 663 g/mol. The van der Waals surface area contributed by atoms with Gasteiger partial charge in [-0.15, -0.1) is 0 Å². The van der Waals surface area contributed by atoms with E-state index in [2.05, 4.69) is 64.2 Å². The van der Waals surface area contributed by atoms with Crippen LogP contribution in [0.5, 0.6) is 0 Å². The molecule has 0 bridgehead atoms. The van der Waals surface area contributed by atoms with Crippen LogP contribution in [0.3, 0.4) is 0 Å². The maximum atomic E-state index is 10.5. The molecule has 2 fully saturated rings. The summed E-state index contributed by atoms with van der Waals surface area (Å²) >= 11 is 0. The highest BCUT2D eigenvalue weighted by molar-refractivity contribution is 7.86. The lowest BCUT2D eigenvalue weighted by Crippen LogP contribution is -2.52. The molecule has 5 aromatic rings. The van der Waals surface area contributed by atoms with E-state index in [1.807, 2.05) is 26.2 Å². The van der Waals surface area contributed by atoms with Gasteiger partial charge in [0, 0.05) is 60.5 Å². The molecule has 46 heavy (non-hydrogen) atoms. The Morgan fingerprint density at radius 3 is 1.85 bits per heavy atom. The van der Waals surface area contributed by atoms with Crippen LogP contribution in [0.2, 0.25) is 0 Å². The Hall–Kier alpha value is -4.07. The molecule has 3 N–H and O–H groups in total. The molecule has 0 aliphatic carbocycles. The van der Waals surface area contributed by atoms with E-state index < -0.39 is 20.2 Å². The summed E-state index contributed by atoms with van der Waals surface area (Å²) in [5.74, 6) is 0.831. The first-order chi connectivity index (χ1) is 21.7. The van der Waals surface area contributed by atoms with Gasteiger partial charge < -0.3 is 14.8 Å². The highest BCUT2D eigenvalue weighted by Crippen LogP contribution is 2.35. The van der Waals surface area contributed by atoms with Crippen LogP contribution in [0.25, 0.3) is 22.0 Å². The van der Waals surface area contributed by atoms with Crippen molar-refractivity contribution in [3.8, 4) is 11.1 Å². The number of H-pyrrole nitrogens is 1. The Morgan fingerprint density at radius 2 is 1.33 bits per heavy atom. The summed E-state index contributed by atoms with van der Waals surface area (Å²) < 4.78 is 59.1. The molecular weight excluding hydrogens is 625 g/mol. The zero-order chi connectivity index (χ0) is 33.2. The van der Waals surface area contributed by atoms with Gasteiger partial charge in [-0.25, -0.2) is 0 Å². The van der Waals surface area contributed by atoms with E-state index >= 15 is 0 Å². The normalized spacial score (nSPS) is 17.7. The molecule has 0 unspecified atom stereocenters. The van der Waals surface area contributed by atoms with Crippen molar-refractivity contribution in [3.63, 3.8) is 0 Å². The van der Waals surface area contributed by atoms with Gasteiger partial charge in [0.2, 0.25) is 0 Å². The van der Waals surface area contributed by atoms with Crippen molar-refractivity contribution < 1.29 is 25.9 Å². The summed E-state index contributed by atoms with van der Waals surface area (Å²) in [6.07, 6.45) is 6.05. The van der Waals surface area contributed by atoms with Crippen LogP contribution in [0.1, 0.15) is 16.7 Å². The maximum Gasteiger partial charge on any atom is 0.294 e. The first kappa shape index (κ1) is 33.3. The number of likely N-dealkylation sites (N-methyl/N-ethyl adjacent to an activating group) is 1. The molecule has 0 spiro atoms. The number of aromatic nitrogens is 2. The van der Waals surface area contributed by atoms with Crippen LogP contribution in [0.4, 0.5) is 5.69 Å². The standard InChI is InChI=1S/C20H22N4.2C7H8O3S/c1-13-7-22-19-4-3-14(6-18(13)19)15-5-17(9-21-8-15)24-11-16-10-23(2)20(16)12-24;2*1-6-2-4-7(5-3-6)11(8,9)10/h3-9,16,20,22H,10-12H2,1-2H3;2*2-5H,1H3,(H,8,9,10)/t16-,20+;;/m0../s1. The number of aromatic amines is 1. The van der Waals surface area contributed by atoms with Crippen LogP contribution in [0.15, 0.2) is 101 Å². The second-order valence-electron chi connectivity index (χ2n) is 11.9. The largest absolute Gasteiger partial charge is 0.368 e. The van der Waals surface area contributed by atoms with Crippen LogP contribution in [-0.2, 0) is 20.2 Å². The number of pyridine rings is 1. The van der Waals surface area contributed by atoms with Crippen molar-refractivity contribution in [1.29, 1.82) is 0 Å². The summed E-state index contributed by atoms with van der Waals surface area (Å²) in [6.45, 7) is 9.35. The predicted octanol–water partition coefficient (Wildman–Crippen LogP) is 5.77. The summed E-state index contributed by atoms with van der Waals surface area (Å²) in [5.41, 5.74) is 8.08. The lowest BCUT2D eigenvalue weighted by atomic mass is 9.93. The molecule has 3 aromatic carbocycles. The first-order valence-corrected chi connectivity index (χ1v) is 17.6. The third kappa shape index (κ3) is 7.83. The Labute approximate surface area is 270 Å². The second-order valence-corrected chi connectivity index (χ2v) is 14.8. The van der Waals surface area contributed by atoms with E-state index in [1.165, 1.54) is 64.1 Å². The molecule has 0 saturated carbocycles. The van der Waals surface area contributed by atoms with Crippen LogP contribution in [-0.4, -0.2) is 73.5 Å². The fourth-order valence-electron chi connectivity index (χ4n) is 5.73. The van der Waals surface area contributed by atoms with Crippen LogP contribution in [0, 0.1) is 26.7 Å². The Morgan fingerprint density at radius 1 is 0.739 bits per heavy atom. The zero-order valence-corrected chi connectivity index (χ0v) is 27.8. The molecular formula is C34H38N4O6S2. The summed E-state index contributed by atoms with van der Waals surface area (Å²) in [4.78, 5) is 12.7. The monoisotopic (exact) mass is 662 g/mol. The van der Waals surface area contributed by atoms with E-state index in [0.29, 0.717) is 0 Å². The number of hydrogen-bond donors (Lipinski definition) is 3. The van der Waals surface area contributed by atoms with Gasteiger partial charge in [0.1, 0.15) is 0 Å². The molecule has 7 rings (SSSR count). The van der Waals surface area contributed by atoms with Crippen LogP contribution >= 0.6 is 0 Å². The van der Waals surface area contributed by atoms with Gasteiger partial charge in [-0.05, 0) is 81.4 Å². The predicted molar refractivity (Wildman–Crippen MR) is 180 cm³/mol. The first-order valence-electron chi connectivity index (χ1n) is 14.8. The summed E-state index contributed by atoms with van der Waals surface area (Å²) in [6, 6.07) is 21.6. The SMILES string of the molecule is Cc1c[nH]c2ccc(-c3cncc(N4C[C@@H]5CN(C)[C@@H]5C4)c3)cc12.Cc1ccc(S(=O)(=O)O)cc1.Cc1ccc(S(=O)(=O)O)cc1. The van der Waals surface area contributed by atoms with E-state index in [9.17, 15) is 16.8 Å². The summed E-state index contributed by atoms with van der Waals surface area (Å²) in [7, 11) is -5.81. The minimum Gasteiger partial charge on any atom is -0.368 e. The zero-order valence-electron chi connectivity index (χ0n) is 26.1. The molecule has 2 saturated heterocycles. The lowest BCUT2D eigenvalue weighted by molar-refractivity contribution is 0.0827. The quantitative estimate of drug-likeness (QED) is 0.204. The summed E-state index contributed by atoms with van der Waals surface area (Å²) in [5, 5.41) is 1.29. The van der Waals surface area contributed by atoms with E-state index in [1.54, 1.807) is 24.3 Å². The smallest absolute Gasteiger partial charge is 0.294 e. The van der Waals surface area contributed by atoms with Gasteiger partial charge in [0.15, 0.2) is 0 Å². The van der Waals surface area contributed by atoms with Crippen molar-refractivity contribution >= 4 is 36.8 Å². The number of anilines is 1. The number of likely N-dealkylation sites (tertiary alicyclic amines) is 1. The van der Waals surface area contributed by atoms with Gasteiger partial charge in [0.25, 0.3) is 20.2 Å². The molecule has 242 valence electrons. The highest BCUT2D eigenvalue weighted by atomic mass is 32.2. The van der Waals surface area contributed by atoms with Gasteiger partial charge in [-0.1, -0.05) is 41.5 Å². The maximum absolute atomic E-state index is 10.5. The van der Waals surface area contributed by atoms with E-state index in [0.717, 1.165) is 36.2 Å². The number of nitrogens with zero attached hydrogens (tertiary/aromatic N) is 3. The van der Waals surface area contributed by atoms with E-state index in [-0.39, 0.29) is 9.79 Å². The third-order valence-electron chi connectivity index (χ3n) is 8.44. The number of benzene rings is 3. The molecule has 12 heteroatoms. The molecule has 2 aliphatic rings. The lowest BCUT2D eigenvalue weighted by Gasteiger charge is -2.40. The Balaban J connectivity index is 0.000000158. The Kier molecular flexibility index (Phi) is 9.66. The minimum absolute atomic E-state index is 0.0666. The van der Waals surface area contributed by atoms with Gasteiger partial charge in [-0.3, -0.25) is 14.1 Å². The number of nitrogens with one attached hydrogen (secondary N) is 1. The number of fused-ring (bicyclic) bond motifs is 2. The topological polar surface area (TPSA) is 144 Å². The number of rotatable bonds is 4. The second kappa shape index (κ2) is 13.3. The number of hydrogen-bond acceptors (Lipinski definition) is 7. The highest BCUT2D eigenvalue weighted by Gasteiger charge is 2.43. The van der Waals surface area contributed by atoms with Crippen molar-refractivity contribution in [3.05, 3.63) is 108 Å².